The summed E-state index contributed by atoms with van der Waals surface area (Å²) in [6.07, 6.45) is 0.837. The number of aromatic nitrogens is 1. The Hall–Kier alpha value is -0.970. The smallest absolute Gasteiger partial charge is 0.124 e. The molecule has 0 amide bonds. The lowest BCUT2D eigenvalue weighted by Gasteiger charge is -2.03. The summed E-state index contributed by atoms with van der Waals surface area (Å²) in [7, 11) is 0. The third-order valence-corrected chi connectivity index (χ3v) is 3.78. The topological polar surface area (TPSA) is 38.9 Å². The molecule has 0 aliphatic rings. The predicted molar refractivity (Wildman–Crippen MR) is 69.7 cm³/mol. The van der Waals surface area contributed by atoms with Gasteiger partial charge in [0.15, 0.2) is 0 Å². The first kappa shape index (κ1) is 12.5. The molecule has 0 aliphatic carbocycles. The highest BCUT2D eigenvalue weighted by Gasteiger charge is 2.12. The molecule has 2 aromatic rings. The fourth-order valence-corrected chi connectivity index (χ4v) is 2.62. The Morgan fingerprint density at radius 3 is 2.94 bits per heavy atom. The molecule has 90 valence electrons. The largest absolute Gasteiger partial charge is 0.322 e. The Labute approximate surface area is 108 Å². The second-order valence-electron chi connectivity index (χ2n) is 3.71. The molecule has 1 atom stereocenters. The van der Waals surface area contributed by atoms with Crippen molar-refractivity contribution in [3.05, 3.63) is 39.4 Å². The van der Waals surface area contributed by atoms with Gasteiger partial charge in [-0.1, -0.05) is 18.5 Å². The van der Waals surface area contributed by atoms with Crippen LogP contribution in [-0.4, -0.2) is 4.98 Å². The van der Waals surface area contributed by atoms with Crippen molar-refractivity contribution in [2.24, 2.45) is 5.73 Å². The standard InChI is InChI=1S/C12H12ClFN2S/c1-2-10(15)12-16-11(6-17-12)8-4-3-7(14)5-9(8)13/h3-6,10H,2,15H2,1H3. The van der Waals surface area contributed by atoms with Gasteiger partial charge in [0.25, 0.3) is 0 Å². The number of thiazole rings is 1. The van der Waals surface area contributed by atoms with E-state index >= 15 is 0 Å². The zero-order chi connectivity index (χ0) is 12.4. The first-order valence-electron chi connectivity index (χ1n) is 5.28. The molecule has 0 saturated carbocycles. The maximum Gasteiger partial charge on any atom is 0.124 e. The molecule has 0 aliphatic heterocycles. The van der Waals surface area contributed by atoms with E-state index in [9.17, 15) is 4.39 Å². The third-order valence-electron chi connectivity index (χ3n) is 2.49. The van der Waals surface area contributed by atoms with Crippen molar-refractivity contribution in [3.63, 3.8) is 0 Å². The van der Waals surface area contributed by atoms with Crippen molar-refractivity contribution in [1.29, 1.82) is 0 Å². The van der Waals surface area contributed by atoms with E-state index in [4.69, 9.17) is 17.3 Å². The summed E-state index contributed by atoms with van der Waals surface area (Å²) in [5, 5.41) is 3.14. The summed E-state index contributed by atoms with van der Waals surface area (Å²) in [4.78, 5) is 4.43. The van der Waals surface area contributed by atoms with E-state index in [0.717, 1.165) is 22.7 Å². The molecule has 1 aromatic carbocycles. The molecule has 0 radical (unpaired) electrons. The lowest BCUT2D eigenvalue weighted by molar-refractivity contribution is 0.628. The number of rotatable bonds is 3. The van der Waals surface area contributed by atoms with Crippen LogP contribution in [0.4, 0.5) is 4.39 Å². The van der Waals surface area contributed by atoms with Crippen LogP contribution in [0.1, 0.15) is 24.4 Å². The average molecular weight is 271 g/mol. The van der Waals surface area contributed by atoms with Crippen molar-refractivity contribution in [2.45, 2.75) is 19.4 Å². The Bertz CT molecular complexity index is 527. The van der Waals surface area contributed by atoms with Gasteiger partial charge in [-0.05, 0) is 24.6 Å². The maximum absolute atomic E-state index is 12.9. The van der Waals surface area contributed by atoms with Gasteiger partial charge in [-0.3, -0.25) is 0 Å². The fraction of sp³-hybridized carbons (Fsp3) is 0.250. The van der Waals surface area contributed by atoms with Crippen molar-refractivity contribution in [3.8, 4) is 11.3 Å². The highest BCUT2D eigenvalue weighted by molar-refractivity contribution is 7.10. The average Bonchev–Trinajstić information content (AvgIpc) is 2.77. The number of benzene rings is 1. The number of nitrogens with zero attached hydrogens (tertiary/aromatic N) is 1. The number of hydrogen-bond donors (Lipinski definition) is 1. The SMILES string of the molecule is CCC(N)c1nc(-c2ccc(F)cc2Cl)cs1. The molecule has 1 heterocycles. The van der Waals surface area contributed by atoms with Crippen LogP contribution < -0.4 is 5.73 Å². The normalized spacial score (nSPS) is 12.7. The van der Waals surface area contributed by atoms with E-state index in [-0.39, 0.29) is 11.9 Å². The molecule has 0 saturated heterocycles. The van der Waals surface area contributed by atoms with Crippen LogP contribution in [0.15, 0.2) is 23.6 Å². The summed E-state index contributed by atoms with van der Waals surface area (Å²) in [6.45, 7) is 2.01. The van der Waals surface area contributed by atoms with E-state index in [1.807, 2.05) is 12.3 Å². The van der Waals surface area contributed by atoms with Crippen molar-refractivity contribution >= 4 is 22.9 Å². The molecule has 2 nitrogen and oxygen atoms in total. The summed E-state index contributed by atoms with van der Waals surface area (Å²) in [5.74, 6) is -0.348. The number of halogens is 2. The number of nitrogens with two attached hydrogens (primary N) is 1. The second-order valence-corrected chi connectivity index (χ2v) is 5.01. The summed E-state index contributed by atoms with van der Waals surface area (Å²) in [6, 6.07) is 4.25. The summed E-state index contributed by atoms with van der Waals surface area (Å²) in [5.41, 5.74) is 7.39. The Kier molecular flexibility index (Phi) is 3.76. The minimum absolute atomic E-state index is 0.0482. The van der Waals surface area contributed by atoms with Crippen molar-refractivity contribution < 1.29 is 4.39 Å². The molecule has 0 bridgehead atoms. The van der Waals surface area contributed by atoms with Gasteiger partial charge >= 0.3 is 0 Å². The van der Waals surface area contributed by atoms with Gasteiger partial charge in [0, 0.05) is 10.9 Å². The van der Waals surface area contributed by atoms with E-state index < -0.39 is 0 Å². The number of hydrogen-bond acceptors (Lipinski definition) is 3. The van der Waals surface area contributed by atoms with Crippen LogP contribution in [0.3, 0.4) is 0 Å². The Morgan fingerprint density at radius 2 is 2.29 bits per heavy atom. The minimum Gasteiger partial charge on any atom is -0.322 e. The monoisotopic (exact) mass is 270 g/mol. The van der Waals surface area contributed by atoms with Crippen LogP contribution in [0.25, 0.3) is 11.3 Å². The molecule has 5 heteroatoms. The molecule has 1 aromatic heterocycles. The van der Waals surface area contributed by atoms with Crippen molar-refractivity contribution in [1.82, 2.24) is 4.98 Å². The van der Waals surface area contributed by atoms with E-state index in [0.29, 0.717) is 5.02 Å². The molecule has 17 heavy (non-hydrogen) atoms. The lowest BCUT2D eigenvalue weighted by Crippen LogP contribution is -2.07. The summed E-state index contributed by atoms with van der Waals surface area (Å²) < 4.78 is 12.9. The lowest BCUT2D eigenvalue weighted by atomic mass is 10.1. The Morgan fingerprint density at radius 1 is 1.53 bits per heavy atom. The predicted octanol–water partition coefficient (Wildman–Crippen LogP) is 4.01. The highest BCUT2D eigenvalue weighted by Crippen LogP contribution is 2.31. The maximum atomic E-state index is 12.9. The molecular formula is C12H12ClFN2S. The molecular weight excluding hydrogens is 259 g/mol. The highest BCUT2D eigenvalue weighted by atomic mass is 35.5. The van der Waals surface area contributed by atoms with Gasteiger partial charge in [0.05, 0.1) is 16.8 Å². The first-order chi connectivity index (χ1) is 8.11. The van der Waals surface area contributed by atoms with Crippen molar-refractivity contribution in [2.75, 3.05) is 0 Å². The summed E-state index contributed by atoms with van der Waals surface area (Å²) >= 11 is 7.48. The Balaban J connectivity index is 2.37. The van der Waals surface area contributed by atoms with Gasteiger partial charge < -0.3 is 5.73 Å². The van der Waals surface area contributed by atoms with E-state index in [1.165, 1.54) is 23.5 Å². The quantitative estimate of drug-likeness (QED) is 0.915. The first-order valence-corrected chi connectivity index (χ1v) is 6.54. The molecule has 2 rings (SSSR count). The zero-order valence-electron chi connectivity index (χ0n) is 9.28. The second kappa shape index (κ2) is 5.12. The van der Waals surface area contributed by atoms with E-state index in [2.05, 4.69) is 4.98 Å². The van der Waals surface area contributed by atoms with Crippen LogP contribution in [0, 0.1) is 5.82 Å². The fourth-order valence-electron chi connectivity index (χ4n) is 1.45. The van der Waals surface area contributed by atoms with E-state index in [1.54, 1.807) is 6.07 Å². The van der Waals surface area contributed by atoms with Crippen LogP contribution in [0.2, 0.25) is 5.02 Å². The molecule has 0 spiro atoms. The molecule has 1 unspecified atom stereocenters. The van der Waals surface area contributed by atoms with Gasteiger partial charge in [-0.25, -0.2) is 9.37 Å². The van der Waals surface area contributed by atoms with Gasteiger partial charge in [0.1, 0.15) is 10.8 Å². The van der Waals surface area contributed by atoms with Gasteiger partial charge in [-0.15, -0.1) is 11.3 Å². The molecule has 2 N–H and O–H groups in total. The third kappa shape index (κ3) is 2.65. The minimum atomic E-state index is -0.348. The van der Waals surface area contributed by atoms with Gasteiger partial charge in [0.2, 0.25) is 0 Å². The van der Waals surface area contributed by atoms with Gasteiger partial charge in [-0.2, -0.15) is 0 Å². The molecule has 0 fully saturated rings. The van der Waals surface area contributed by atoms with Crippen LogP contribution >= 0.6 is 22.9 Å². The zero-order valence-corrected chi connectivity index (χ0v) is 10.9. The van der Waals surface area contributed by atoms with Crippen LogP contribution in [-0.2, 0) is 0 Å². The van der Waals surface area contributed by atoms with Crippen LogP contribution in [0.5, 0.6) is 0 Å².